The number of carbonyl (C=O) groups is 1. The maximum atomic E-state index is 12.1. The highest BCUT2D eigenvalue weighted by molar-refractivity contribution is 5.79. The van der Waals surface area contributed by atoms with Crippen molar-refractivity contribution in [1.82, 2.24) is 0 Å². The summed E-state index contributed by atoms with van der Waals surface area (Å²) >= 11 is 0. The van der Waals surface area contributed by atoms with Gasteiger partial charge in [-0.05, 0) is 40.5 Å². The Kier molecular flexibility index (Phi) is 9.01. The fourth-order valence-corrected chi connectivity index (χ4v) is 1.49. The van der Waals surface area contributed by atoms with E-state index in [2.05, 4.69) is 0 Å². The van der Waals surface area contributed by atoms with Crippen molar-refractivity contribution in [2.45, 2.75) is 78.3 Å². The number of esters is 1. The van der Waals surface area contributed by atoms with Gasteiger partial charge in [0.05, 0.1) is 24.9 Å². The van der Waals surface area contributed by atoms with Gasteiger partial charge in [-0.15, -0.1) is 0 Å². The molecule has 3 unspecified atom stereocenters. The molecule has 0 aromatic heterocycles. The van der Waals surface area contributed by atoms with Crippen molar-refractivity contribution in [3.63, 3.8) is 0 Å². The molecular weight excluding hydrogens is 260 g/mol. The fraction of sp³-hybridized carbons (Fsp3) is 0.933. The van der Waals surface area contributed by atoms with Gasteiger partial charge in [-0.1, -0.05) is 13.8 Å². The molecular formula is C15H30O5. The van der Waals surface area contributed by atoms with Crippen LogP contribution in [0, 0.1) is 0 Å². The Morgan fingerprint density at radius 2 is 1.75 bits per heavy atom. The fourth-order valence-electron chi connectivity index (χ4n) is 1.49. The van der Waals surface area contributed by atoms with E-state index < -0.39 is 17.7 Å². The number of carbonyl (C=O) groups excluding carboxylic acids is 1. The lowest BCUT2D eigenvalue weighted by molar-refractivity contribution is -0.178. The number of aliphatic hydroxyl groups excluding tert-OH is 1. The Morgan fingerprint density at radius 3 is 2.20 bits per heavy atom. The molecule has 0 rings (SSSR count). The molecule has 0 aliphatic carbocycles. The van der Waals surface area contributed by atoms with Crippen molar-refractivity contribution < 1.29 is 24.1 Å². The first-order valence-corrected chi connectivity index (χ1v) is 7.39. The van der Waals surface area contributed by atoms with Gasteiger partial charge >= 0.3 is 5.97 Å². The second-order valence-electron chi connectivity index (χ2n) is 5.51. The lowest BCUT2D eigenvalue weighted by Gasteiger charge is -2.28. The van der Waals surface area contributed by atoms with Crippen LogP contribution in [0.3, 0.4) is 0 Å². The number of hydrogen-bond acceptors (Lipinski definition) is 5. The lowest BCUT2D eigenvalue weighted by atomic mass is 10.0. The molecule has 0 spiro atoms. The van der Waals surface area contributed by atoms with Crippen molar-refractivity contribution >= 4 is 5.97 Å². The molecule has 0 saturated heterocycles. The number of aliphatic hydroxyl groups is 1. The molecule has 0 amide bonds. The molecule has 5 nitrogen and oxygen atoms in total. The Balaban J connectivity index is 4.27. The lowest BCUT2D eigenvalue weighted by Crippen LogP contribution is -2.42. The van der Waals surface area contributed by atoms with Crippen LogP contribution in [0.2, 0.25) is 0 Å². The molecule has 0 radical (unpaired) electrons. The highest BCUT2D eigenvalue weighted by atomic mass is 16.6. The second-order valence-corrected chi connectivity index (χ2v) is 5.51. The van der Waals surface area contributed by atoms with Crippen LogP contribution in [0.25, 0.3) is 0 Å². The molecule has 0 saturated carbocycles. The van der Waals surface area contributed by atoms with E-state index >= 15 is 0 Å². The third kappa shape index (κ3) is 7.22. The van der Waals surface area contributed by atoms with Gasteiger partial charge in [0.25, 0.3) is 0 Å². The van der Waals surface area contributed by atoms with E-state index in [1.807, 2.05) is 27.7 Å². The van der Waals surface area contributed by atoms with Crippen LogP contribution < -0.4 is 0 Å². The summed E-state index contributed by atoms with van der Waals surface area (Å²) in [6.45, 7) is 11.4. The summed E-state index contributed by atoms with van der Waals surface area (Å²) in [6.07, 6.45) is 0.794. The Labute approximate surface area is 122 Å². The van der Waals surface area contributed by atoms with E-state index in [-0.39, 0.29) is 25.4 Å². The summed E-state index contributed by atoms with van der Waals surface area (Å²) in [7, 11) is 0. The van der Waals surface area contributed by atoms with E-state index in [0.717, 1.165) is 6.42 Å². The maximum absolute atomic E-state index is 12.1. The summed E-state index contributed by atoms with van der Waals surface area (Å²) in [6, 6.07) is 0. The molecule has 0 heterocycles. The van der Waals surface area contributed by atoms with Crippen LogP contribution in [0.4, 0.5) is 0 Å². The zero-order chi connectivity index (χ0) is 15.8. The normalized spacial score (nSPS) is 18.9. The monoisotopic (exact) mass is 290 g/mol. The zero-order valence-electron chi connectivity index (χ0n) is 13.6. The highest BCUT2D eigenvalue weighted by Crippen LogP contribution is 2.18. The van der Waals surface area contributed by atoms with Crippen LogP contribution in [0.1, 0.15) is 54.4 Å². The molecule has 120 valence electrons. The molecule has 5 heteroatoms. The first kappa shape index (κ1) is 19.4. The van der Waals surface area contributed by atoms with Gasteiger partial charge < -0.3 is 19.3 Å². The Morgan fingerprint density at radius 1 is 1.15 bits per heavy atom. The first-order chi connectivity index (χ1) is 9.25. The van der Waals surface area contributed by atoms with E-state index in [1.54, 1.807) is 13.8 Å². The van der Waals surface area contributed by atoms with Gasteiger partial charge in [-0.3, -0.25) is 0 Å². The largest absolute Gasteiger partial charge is 0.461 e. The van der Waals surface area contributed by atoms with Gasteiger partial charge in [-0.2, -0.15) is 0 Å². The van der Waals surface area contributed by atoms with Crippen molar-refractivity contribution in [2.75, 3.05) is 13.2 Å². The van der Waals surface area contributed by atoms with Gasteiger partial charge in [0.15, 0.2) is 5.60 Å². The molecule has 0 aromatic carbocycles. The number of ether oxygens (including phenoxy) is 3. The predicted molar refractivity (Wildman–Crippen MR) is 77.6 cm³/mol. The molecule has 1 N–H and O–H groups in total. The third-order valence-corrected chi connectivity index (χ3v) is 3.24. The summed E-state index contributed by atoms with van der Waals surface area (Å²) in [5.74, 6) is -0.416. The molecule has 0 bridgehead atoms. The molecule has 0 aromatic rings. The molecule has 0 aliphatic rings. The smallest absolute Gasteiger partial charge is 0.338 e. The van der Waals surface area contributed by atoms with Gasteiger partial charge in [0, 0.05) is 0 Å². The van der Waals surface area contributed by atoms with Gasteiger partial charge in [-0.25, -0.2) is 4.79 Å². The quantitative estimate of drug-likeness (QED) is 0.625. The minimum atomic E-state index is -1.02. The van der Waals surface area contributed by atoms with E-state index in [9.17, 15) is 9.90 Å². The number of hydrogen-bond donors (Lipinski definition) is 1. The topological polar surface area (TPSA) is 65.0 Å². The van der Waals surface area contributed by atoms with Crippen LogP contribution in [0.5, 0.6) is 0 Å². The van der Waals surface area contributed by atoms with Crippen LogP contribution in [0.15, 0.2) is 0 Å². The molecule has 4 atom stereocenters. The first-order valence-electron chi connectivity index (χ1n) is 7.39. The third-order valence-electron chi connectivity index (χ3n) is 3.24. The van der Waals surface area contributed by atoms with E-state index in [4.69, 9.17) is 14.2 Å². The summed E-state index contributed by atoms with van der Waals surface area (Å²) in [5, 5.41) is 9.24. The average Bonchev–Trinajstić information content (AvgIpc) is 2.41. The highest BCUT2D eigenvalue weighted by Gasteiger charge is 2.34. The van der Waals surface area contributed by atoms with Gasteiger partial charge in [0.1, 0.15) is 6.61 Å². The minimum absolute atomic E-state index is 0.109. The minimum Gasteiger partial charge on any atom is -0.461 e. The predicted octanol–water partition coefficient (Wildman–Crippen LogP) is 2.30. The second kappa shape index (κ2) is 9.32. The van der Waals surface area contributed by atoms with Crippen molar-refractivity contribution in [1.29, 1.82) is 0 Å². The SMILES string of the molecule is CC[C@H](C)OC(C)COC(=O)C(C)(CC)OCC(C)O. The van der Waals surface area contributed by atoms with Gasteiger partial charge in [0.2, 0.25) is 0 Å². The van der Waals surface area contributed by atoms with E-state index in [1.165, 1.54) is 0 Å². The zero-order valence-corrected chi connectivity index (χ0v) is 13.6. The molecule has 0 fully saturated rings. The maximum Gasteiger partial charge on any atom is 0.338 e. The summed E-state index contributed by atoms with van der Waals surface area (Å²) in [4.78, 5) is 12.1. The molecule has 0 aliphatic heterocycles. The van der Waals surface area contributed by atoms with Crippen LogP contribution in [-0.4, -0.2) is 48.2 Å². The van der Waals surface area contributed by atoms with Crippen LogP contribution >= 0.6 is 0 Å². The summed E-state index contributed by atoms with van der Waals surface area (Å²) < 4.78 is 16.4. The number of rotatable bonds is 10. The van der Waals surface area contributed by atoms with Crippen molar-refractivity contribution in [2.24, 2.45) is 0 Å². The van der Waals surface area contributed by atoms with Crippen molar-refractivity contribution in [3.05, 3.63) is 0 Å². The van der Waals surface area contributed by atoms with E-state index in [0.29, 0.717) is 6.42 Å². The van der Waals surface area contributed by atoms with Crippen LogP contribution in [-0.2, 0) is 19.0 Å². The summed E-state index contributed by atoms with van der Waals surface area (Å²) in [5.41, 5.74) is -1.02. The van der Waals surface area contributed by atoms with Crippen molar-refractivity contribution in [3.8, 4) is 0 Å². The average molecular weight is 290 g/mol. The molecule has 20 heavy (non-hydrogen) atoms. The standard InChI is InChI=1S/C15H30O5/c1-7-12(4)20-13(5)10-18-14(17)15(6,8-2)19-9-11(3)16/h11-13,16H,7-10H2,1-6H3/t11?,12-,13?,15?/m0/s1. The Bertz CT molecular complexity index is 279. The Hall–Kier alpha value is -0.650.